The van der Waals surface area contributed by atoms with E-state index in [9.17, 15) is 9.59 Å². The molecule has 2 rings (SSSR count). The summed E-state index contributed by atoms with van der Waals surface area (Å²) in [6.07, 6.45) is 1.19. The zero-order valence-electron chi connectivity index (χ0n) is 12.6. The van der Waals surface area contributed by atoms with E-state index < -0.39 is 11.7 Å². The van der Waals surface area contributed by atoms with Crippen molar-refractivity contribution in [2.45, 2.75) is 45.3 Å². The van der Waals surface area contributed by atoms with E-state index in [1.54, 1.807) is 0 Å². The quantitative estimate of drug-likeness (QED) is 0.741. The Balaban J connectivity index is 1.84. The number of hydrogen-bond acceptors (Lipinski definition) is 5. The molecule has 1 heterocycles. The average molecular weight is 284 g/mol. The van der Waals surface area contributed by atoms with Crippen molar-refractivity contribution in [2.75, 3.05) is 20.2 Å². The Kier molecular flexibility index (Phi) is 3.95. The molecule has 1 amide bonds. The van der Waals surface area contributed by atoms with Gasteiger partial charge >= 0.3 is 12.1 Å². The zero-order valence-corrected chi connectivity index (χ0v) is 12.6. The molecule has 1 spiro atoms. The molecule has 1 aliphatic heterocycles. The minimum atomic E-state index is -0.491. The first-order valence-electron chi connectivity index (χ1n) is 7.04. The summed E-state index contributed by atoms with van der Waals surface area (Å²) in [5.74, 6) is -0.269. The molecular formula is C14H24N2O4. The number of hydrogen-bond donors (Lipinski definition) is 2. The molecule has 2 fully saturated rings. The van der Waals surface area contributed by atoms with Crippen molar-refractivity contribution < 1.29 is 19.1 Å². The van der Waals surface area contributed by atoms with Gasteiger partial charge in [0, 0.05) is 24.5 Å². The Labute approximate surface area is 119 Å². The SMILES string of the molecule is COC(=O)C1CNCC12CC(NC(=O)OC(C)(C)C)C2. The van der Waals surface area contributed by atoms with Gasteiger partial charge in [0.25, 0.3) is 0 Å². The topological polar surface area (TPSA) is 76.7 Å². The van der Waals surface area contributed by atoms with E-state index in [2.05, 4.69) is 10.6 Å². The lowest BCUT2D eigenvalue weighted by molar-refractivity contribution is -0.151. The monoisotopic (exact) mass is 284 g/mol. The van der Waals surface area contributed by atoms with E-state index in [0.29, 0.717) is 6.54 Å². The molecule has 0 aromatic heterocycles. The van der Waals surface area contributed by atoms with E-state index in [4.69, 9.17) is 9.47 Å². The highest BCUT2D eigenvalue weighted by molar-refractivity contribution is 5.75. The van der Waals surface area contributed by atoms with Crippen molar-refractivity contribution >= 4 is 12.1 Å². The number of ether oxygens (including phenoxy) is 2. The molecule has 0 radical (unpaired) electrons. The van der Waals surface area contributed by atoms with Crippen molar-refractivity contribution in [3.8, 4) is 0 Å². The number of carbonyl (C=O) groups excluding carboxylic acids is 2. The van der Waals surface area contributed by atoms with Crippen molar-refractivity contribution in [1.29, 1.82) is 0 Å². The first kappa shape index (κ1) is 15.1. The molecule has 2 aliphatic rings. The molecule has 1 atom stereocenters. The molecule has 1 saturated carbocycles. The fraction of sp³-hybridized carbons (Fsp3) is 0.857. The van der Waals surface area contributed by atoms with Gasteiger partial charge in [-0.05, 0) is 33.6 Å². The number of nitrogens with one attached hydrogen (secondary N) is 2. The first-order chi connectivity index (χ1) is 9.26. The molecule has 0 bridgehead atoms. The van der Waals surface area contributed by atoms with Crippen LogP contribution in [0.5, 0.6) is 0 Å². The summed E-state index contributed by atoms with van der Waals surface area (Å²) in [4.78, 5) is 23.5. The van der Waals surface area contributed by atoms with Crippen molar-refractivity contribution in [3.05, 3.63) is 0 Å². The van der Waals surface area contributed by atoms with Crippen LogP contribution in [0, 0.1) is 11.3 Å². The lowest BCUT2D eigenvalue weighted by Gasteiger charge is -2.47. The van der Waals surface area contributed by atoms with Crippen LogP contribution in [0.15, 0.2) is 0 Å². The second-order valence-corrected chi connectivity index (χ2v) is 6.82. The number of alkyl carbamates (subject to hydrolysis) is 1. The van der Waals surface area contributed by atoms with E-state index in [1.165, 1.54) is 7.11 Å². The first-order valence-corrected chi connectivity index (χ1v) is 7.04. The smallest absolute Gasteiger partial charge is 0.407 e. The molecule has 20 heavy (non-hydrogen) atoms. The molecule has 0 aromatic rings. The van der Waals surface area contributed by atoms with E-state index >= 15 is 0 Å². The van der Waals surface area contributed by atoms with E-state index in [0.717, 1.165) is 19.4 Å². The summed E-state index contributed by atoms with van der Waals surface area (Å²) in [7, 11) is 1.42. The fourth-order valence-electron chi connectivity index (χ4n) is 3.21. The standard InChI is InChI=1S/C14H24N2O4/c1-13(2,3)20-12(18)16-9-5-14(6-9)8-15-7-10(14)11(17)19-4/h9-10,15H,5-8H2,1-4H3,(H,16,18). The van der Waals surface area contributed by atoms with Crippen LogP contribution >= 0.6 is 0 Å². The van der Waals surface area contributed by atoms with Crippen molar-refractivity contribution in [3.63, 3.8) is 0 Å². The maximum atomic E-state index is 11.8. The van der Waals surface area contributed by atoms with Gasteiger partial charge in [0.05, 0.1) is 13.0 Å². The summed E-state index contributed by atoms with van der Waals surface area (Å²) in [6.45, 7) is 6.97. The molecule has 6 heteroatoms. The lowest BCUT2D eigenvalue weighted by atomic mass is 9.60. The van der Waals surface area contributed by atoms with Crippen LogP contribution in [0.2, 0.25) is 0 Å². The zero-order chi connectivity index (χ0) is 15.0. The van der Waals surface area contributed by atoms with Crippen LogP contribution < -0.4 is 10.6 Å². The van der Waals surface area contributed by atoms with Crippen LogP contribution in [0.4, 0.5) is 4.79 Å². The maximum Gasteiger partial charge on any atom is 0.407 e. The van der Waals surface area contributed by atoms with Crippen molar-refractivity contribution in [2.24, 2.45) is 11.3 Å². The van der Waals surface area contributed by atoms with Crippen LogP contribution in [-0.4, -0.2) is 43.9 Å². The third kappa shape index (κ3) is 3.06. The number of carbonyl (C=O) groups is 2. The third-order valence-corrected chi connectivity index (χ3v) is 4.08. The molecule has 114 valence electrons. The Hall–Kier alpha value is -1.30. The van der Waals surface area contributed by atoms with E-state index in [-0.39, 0.29) is 23.3 Å². The minimum absolute atomic E-state index is 0.0627. The van der Waals surface area contributed by atoms with Crippen LogP contribution in [0.25, 0.3) is 0 Å². The molecule has 1 unspecified atom stereocenters. The van der Waals surface area contributed by atoms with Gasteiger partial charge in [-0.15, -0.1) is 0 Å². The molecular weight excluding hydrogens is 260 g/mol. The minimum Gasteiger partial charge on any atom is -0.469 e. The average Bonchev–Trinajstić information content (AvgIpc) is 2.69. The highest BCUT2D eigenvalue weighted by atomic mass is 16.6. The molecule has 0 aromatic carbocycles. The van der Waals surface area contributed by atoms with Gasteiger partial charge in [0.15, 0.2) is 0 Å². The van der Waals surface area contributed by atoms with Gasteiger partial charge < -0.3 is 20.1 Å². The Bertz CT molecular complexity index is 396. The summed E-state index contributed by atoms with van der Waals surface area (Å²) >= 11 is 0. The normalized spacial score (nSPS) is 32.6. The Morgan fingerprint density at radius 2 is 1.95 bits per heavy atom. The summed E-state index contributed by atoms with van der Waals surface area (Å²) in [6, 6.07) is 0.0805. The van der Waals surface area contributed by atoms with Gasteiger partial charge in [0.1, 0.15) is 5.60 Å². The highest BCUT2D eigenvalue weighted by Gasteiger charge is 2.55. The van der Waals surface area contributed by atoms with Crippen molar-refractivity contribution in [1.82, 2.24) is 10.6 Å². The van der Waals surface area contributed by atoms with Crippen LogP contribution in [0.1, 0.15) is 33.6 Å². The van der Waals surface area contributed by atoms with Gasteiger partial charge in [-0.25, -0.2) is 4.79 Å². The number of methoxy groups -OCH3 is 1. The number of esters is 1. The lowest BCUT2D eigenvalue weighted by Crippen LogP contribution is -2.56. The fourth-order valence-corrected chi connectivity index (χ4v) is 3.21. The predicted molar refractivity (Wildman–Crippen MR) is 73.2 cm³/mol. The molecule has 2 N–H and O–H groups in total. The second-order valence-electron chi connectivity index (χ2n) is 6.82. The summed E-state index contributed by atoms with van der Waals surface area (Å²) < 4.78 is 10.1. The van der Waals surface area contributed by atoms with Gasteiger partial charge in [0.2, 0.25) is 0 Å². The molecule has 6 nitrogen and oxygen atoms in total. The van der Waals surface area contributed by atoms with Gasteiger partial charge in [-0.2, -0.15) is 0 Å². The largest absolute Gasteiger partial charge is 0.469 e. The number of amides is 1. The summed E-state index contributed by atoms with van der Waals surface area (Å²) in [5, 5.41) is 6.11. The molecule has 1 aliphatic carbocycles. The Morgan fingerprint density at radius 1 is 1.30 bits per heavy atom. The van der Waals surface area contributed by atoms with Gasteiger partial charge in [-0.3, -0.25) is 4.79 Å². The van der Waals surface area contributed by atoms with Gasteiger partial charge in [-0.1, -0.05) is 0 Å². The third-order valence-electron chi connectivity index (χ3n) is 4.08. The van der Waals surface area contributed by atoms with Crippen LogP contribution in [-0.2, 0) is 14.3 Å². The maximum absolute atomic E-state index is 11.8. The summed E-state index contributed by atoms with van der Waals surface area (Å²) in [5.41, 5.74) is -0.554. The number of rotatable bonds is 2. The predicted octanol–water partition coefficient (Wildman–Crippen LogP) is 1.05. The second kappa shape index (κ2) is 5.24. The highest BCUT2D eigenvalue weighted by Crippen LogP contribution is 2.49. The molecule has 1 saturated heterocycles. The van der Waals surface area contributed by atoms with E-state index in [1.807, 2.05) is 20.8 Å². The Morgan fingerprint density at radius 3 is 2.50 bits per heavy atom. The van der Waals surface area contributed by atoms with Crippen LogP contribution in [0.3, 0.4) is 0 Å².